The molecule has 8 heteroatoms. The predicted molar refractivity (Wildman–Crippen MR) is 367 cm³/mol. The average Bonchev–Trinajstić information content (AvgIpc) is 4.48. The normalized spacial score (nSPS) is 14.7. The van der Waals surface area contributed by atoms with Crippen molar-refractivity contribution in [2.45, 2.75) is 324 Å². The monoisotopic (exact) mass is 1190 g/mol. The van der Waals surface area contributed by atoms with E-state index in [1.54, 1.807) is 11.3 Å². The lowest BCUT2D eigenvalue weighted by atomic mass is 9.93. The van der Waals surface area contributed by atoms with Crippen molar-refractivity contribution < 1.29 is 9.59 Å². The second-order valence-corrected chi connectivity index (χ2v) is 30.5. The van der Waals surface area contributed by atoms with Gasteiger partial charge in [-0.05, 0) is 85.8 Å². The minimum Gasteiger partial charge on any atom is -0.306 e. The van der Waals surface area contributed by atoms with Gasteiger partial charge < -0.3 is 9.80 Å². The van der Waals surface area contributed by atoms with Gasteiger partial charge in [0.15, 0.2) is 0 Å². The second-order valence-electron chi connectivity index (χ2n) is 26.1. The Kier molecular flexibility index (Phi) is 32.9. The average molecular weight is 1200 g/mol. The fraction of sp³-hybridized carbons (Fsp3) is 0.730. The number of thiophene rings is 4. The van der Waals surface area contributed by atoms with E-state index in [1.807, 2.05) is 34.0 Å². The largest absolute Gasteiger partial charge is 0.306 e. The molecule has 2 atom stereocenters. The van der Waals surface area contributed by atoms with Crippen LogP contribution in [0, 0.1) is 11.8 Å². The van der Waals surface area contributed by atoms with Crippen LogP contribution in [0.3, 0.4) is 0 Å². The van der Waals surface area contributed by atoms with Gasteiger partial charge in [0, 0.05) is 42.0 Å². The van der Waals surface area contributed by atoms with E-state index < -0.39 is 0 Å². The number of amides is 2. The standard InChI is InChI=1S/C74H118N2O2S4/c1-9-13-17-21-25-29-31-35-39-43-47-59(45-41-37-33-27-23-19-15-11-3)55-75-71(63-51-49-61(79-63)57(5)6)69-70(74(75)78)72(64-52-50-62(80-64)66-54-68-67(82-66)53-65(81-68)58(7)8)76(73(69)77)56-60(46-42-38-34-28-24-20-16-12-4)48-44-40-36-32-30-26-22-18-14-10-2/h49-54,57-60H,9-48,55-56H2,1-8H3. The number of hydrogen-bond donors (Lipinski definition) is 0. The molecule has 460 valence electrons. The predicted octanol–water partition coefficient (Wildman–Crippen LogP) is 25.7. The van der Waals surface area contributed by atoms with E-state index in [1.165, 1.54) is 260 Å². The van der Waals surface area contributed by atoms with Gasteiger partial charge >= 0.3 is 0 Å². The maximum atomic E-state index is 16.1. The molecule has 6 heterocycles. The Labute approximate surface area is 519 Å². The summed E-state index contributed by atoms with van der Waals surface area (Å²) in [4.78, 5) is 43.9. The van der Waals surface area contributed by atoms with Gasteiger partial charge in [0.05, 0.1) is 32.3 Å². The van der Waals surface area contributed by atoms with E-state index in [9.17, 15) is 0 Å². The van der Waals surface area contributed by atoms with Crippen molar-refractivity contribution in [3.63, 3.8) is 0 Å². The Morgan fingerprint density at radius 1 is 0.329 bits per heavy atom. The molecule has 0 N–H and O–H groups in total. The number of rotatable bonds is 49. The molecule has 0 saturated heterocycles. The van der Waals surface area contributed by atoms with Crippen molar-refractivity contribution in [1.29, 1.82) is 0 Å². The third-order valence-electron chi connectivity index (χ3n) is 18.2. The Balaban J connectivity index is 1.33. The number of carbonyl (C=O) groups is 2. The minimum absolute atomic E-state index is 0.0708. The highest BCUT2D eigenvalue weighted by Gasteiger charge is 2.50. The Bertz CT molecular complexity index is 2430. The van der Waals surface area contributed by atoms with Gasteiger partial charge in [-0.25, -0.2) is 0 Å². The fourth-order valence-electron chi connectivity index (χ4n) is 13.1. The molecule has 2 aliphatic rings. The quantitative estimate of drug-likeness (QED) is 0.0414. The Morgan fingerprint density at radius 3 is 0.988 bits per heavy atom. The summed E-state index contributed by atoms with van der Waals surface area (Å²) in [5.41, 5.74) is 3.20. The number of hydrogen-bond acceptors (Lipinski definition) is 6. The van der Waals surface area contributed by atoms with Gasteiger partial charge in [0.2, 0.25) is 0 Å². The molecule has 4 aromatic heterocycles. The lowest BCUT2D eigenvalue weighted by Crippen LogP contribution is -2.34. The van der Waals surface area contributed by atoms with Crippen LogP contribution in [-0.2, 0) is 9.59 Å². The molecule has 0 fully saturated rings. The third kappa shape index (κ3) is 22.0. The van der Waals surface area contributed by atoms with Crippen LogP contribution in [-0.4, -0.2) is 34.7 Å². The molecule has 2 unspecified atom stereocenters. The zero-order chi connectivity index (χ0) is 58.3. The van der Waals surface area contributed by atoms with Gasteiger partial charge in [0.25, 0.3) is 11.8 Å². The molecule has 2 amide bonds. The number of fused-ring (bicyclic) bond motifs is 2. The Morgan fingerprint density at radius 2 is 0.646 bits per heavy atom. The molecule has 4 nitrogen and oxygen atoms in total. The summed E-state index contributed by atoms with van der Waals surface area (Å²) < 4.78 is 2.73. The maximum Gasteiger partial charge on any atom is 0.261 e. The molecule has 82 heavy (non-hydrogen) atoms. The van der Waals surface area contributed by atoms with E-state index in [2.05, 4.69) is 102 Å². The van der Waals surface area contributed by atoms with Crippen LogP contribution in [0.25, 0.3) is 30.5 Å². The van der Waals surface area contributed by atoms with Crippen LogP contribution >= 0.6 is 45.3 Å². The molecule has 6 rings (SSSR count). The zero-order valence-corrected chi connectivity index (χ0v) is 57.1. The molecule has 0 aliphatic carbocycles. The van der Waals surface area contributed by atoms with Gasteiger partial charge in [-0.1, -0.05) is 287 Å². The van der Waals surface area contributed by atoms with Crippen LogP contribution in [0.1, 0.15) is 344 Å². The fourth-order valence-corrected chi connectivity index (χ4v) is 17.7. The van der Waals surface area contributed by atoms with Gasteiger partial charge in [0.1, 0.15) is 0 Å². The van der Waals surface area contributed by atoms with Crippen molar-refractivity contribution in [2.75, 3.05) is 13.1 Å². The molecular formula is C74H118N2O2S4. The van der Waals surface area contributed by atoms with Crippen LogP contribution < -0.4 is 0 Å². The first-order valence-corrected chi connectivity index (χ1v) is 38.2. The molecule has 0 spiro atoms. The minimum atomic E-state index is 0.0708. The highest BCUT2D eigenvalue weighted by Crippen LogP contribution is 2.51. The van der Waals surface area contributed by atoms with Crippen LogP contribution in [0.15, 0.2) is 47.5 Å². The highest BCUT2D eigenvalue weighted by molar-refractivity contribution is 7.31. The first-order chi connectivity index (χ1) is 40.1. The first kappa shape index (κ1) is 68.6. The summed E-state index contributed by atoms with van der Waals surface area (Å²) in [6.45, 7) is 19.8. The number of carbonyl (C=O) groups excluding carboxylic acids is 2. The summed E-state index contributed by atoms with van der Waals surface area (Å²) in [6, 6.07) is 13.9. The summed E-state index contributed by atoms with van der Waals surface area (Å²) in [5, 5.41) is 0. The van der Waals surface area contributed by atoms with Crippen molar-refractivity contribution in [2.24, 2.45) is 11.8 Å². The van der Waals surface area contributed by atoms with Crippen LogP contribution in [0.4, 0.5) is 0 Å². The van der Waals surface area contributed by atoms with E-state index in [-0.39, 0.29) is 11.8 Å². The summed E-state index contributed by atoms with van der Waals surface area (Å²) >= 11 is 7.44. The molecule has 0 saturated carbocycles. The smallest absolute Gasteiger partial charge is 0.261 e. The van der Waals surface area contributed by atoms with E-state index >= 15 is 9.59 Å². The molecule has 0 aromatic carbocycles. The Hall–Kier alpha value is -2.52. The molecular weight excluding hydrogens is 1080 g/mol. The highest BCUT2D eigenvalue weighted by atomic mass is 32.1. The summed E-state index contributed by atoms with van der Waals surface area (Å²) in [5.74, 6) is 1.84. The van der Waals surface area contributed by atoms with Gasteiger partial charge in [-0.3, -0.25) is 9.59 Å². The van der Waals surface area contributed by atoms with Crippen molar-refractivity contribution in [3.8, 4) is 9.75 Å². The van der Waals surface area contributed by atoms with Crippen molar-refractivity contribution >= 4 is 78.0 Å². The van der Waals surface area contributed by atoms with Gasteiger partial charge in [-0.2, -0.15) is 0 Å². The summed E-state index contributed by atoms with van der Waals surface area (Å²) in [6.07, 6.45) is 52.3. The first-order valence-electron chi connectivity index (χ1n) is 35.0. The lowest BCUT2D eigenvalue weighted by Gasteiger charge is -2.29. The molecule has 4 aromatic rings. The van der Waals surface area contributed by atoms with E-state index in [4.69, 9.17) is 0 Å². The molecule has 0 radical (unpaired) electrons. The van der Waals surface area contributed by atoms with Crippen LogP contribution in [0.2, 0.25) is 0 Å². The van der Waals surface area contributed by atoms with E-state index in [0.29, 0.717) is 47.9 Å². The third-order valence-corrected chi connectivity index (χ3v) is 23.5. The number of unbranched alkanes of at least 4 members (excludes halogenated alkanes) is 32. The molecule has 0 bridgehead atoms. The lowest BCUT2D eigenvalue weighted by molar-refractivity contribution is -0.124. The SMILES string of the molecule is CCCCCCCCCCCCC(CCCCCCCCCC)CN1C(=O)C2=C(c3ccc(C(C)C)s3)N(CC(CCCCCCCCCC)CCCCCCCCCCCC)C(=O)C2=C1c1ccc(-c2cc3sc(C(C)C)cc3s2)s1. The summed E-state index contributed by atoms with van der Waals surface area (Å²) in [7, 11) is 0. The topological polar surface area (TPSA) is 40.6 Å². The maximum absolute atomic E-state index is 16.1. The molecule has 2 aliphatic heterocycles. The van der Waals surface area contributed by atoms with E-state index in [0.717, 1.165) is 46.8 Å². The van der Waals surface area contributed by atoms with Crippen molar-refractivity contribution in [1.82, 2.24) is 9.80 Å². The van der Waals surface area contributed by atoms with Gasteiger partial charge in [-0.15, -0.1) is 45.3 Å². The second kappa shape index (κ2) is 39.3. The van der Waals surface area contributed by atoms with Crippen molar-refractivity contribution in [3.05, 3.63) is 67.1 Å². The zero-order valence-electron chi connectivity index (χ0n) is 53.8. The van der Waals surface area contributed by atoms with Crippen LogP contribution in [0.5, 0.6) is 0 Å². The number of nitrogens with zero attached hydrogens (tertiary/aromatic N) is 2.